The maximum atomic E-state index is 9.68. The molecule has 1 aromatic carbocycles. The van der Waals surface area contributed by atoms with Crippen molar-refractivity contribution in [1.82, 2.24) is 0 Å². The molecule has 2 aliphatic carbocycles. The van der Waals surface area contributed by atoms with Crippen LogP contribution in [-0.2, 0) is 0 Å². The lowest BCUT2D eigenvalue weighted by Gasteiger charge is -2.24. The van der Waals surface area contributed by atoms with Crippen LogP contribution in [0.2, 0.25) is 0 Å². The summed E-state index contributed by atoms with van der Waals surface area (Å²) >= 11 is 0. The van der Waals surface area contributed by atoms with Gasteiger partial charge in [-0.25, -0.2) is 0 Å². The van der Waals surface area contributed by atoms with E-state index >= 15 is 0 Å². The summed E-state index contributed by atoms with van der Waals surface area (Å²) in [5.74, 6) is 3.11. The summed E-state index contributed by atoms with van der Waals surface area (Å²) in [7, 11) is 1.66. The van der Waals surface area contributed by atoms with Gasteiger partial charge >= 0.3 is 0 Å². The minimum Gasteiger partial charge on any atom is -0.493 e. The minimum absolute atomic E-state index is 0.330. The van der Waals surface area contributed by atoms with Crippen molar-refractivity contribution >= 4 is 0 Å². The van der Waals surface area contributed by atoms with E-state index in [1.54, 1.807) is 14.0 Å². The van der Waals surface area contributed by atoms with Gasteiger partial charge in [-0.1, -0.05) is 6.07 Å². The van der Waals surface area contributed by atoms with Crippen molar-refractivity contribution in [2.45, 2.75) is 44.8 Å². The van der Waals surface area contributed by atoms with Gasteiger partial charge in [-0.2, -0.15) is 0 Å². The molecule has 4 unspecified atom stereocenters. The van der Waals surface area contributed by atoms with Gasteiger partial charge in [0.05, 0.1) is 13.2 Å². The number of ether oxygens (including phenoxy) is 2. The second kappa shape index (κ2) is 5.04. The highest BCUT2D eigenvalue weighted by molar-refractivity contribution is 5.43. The van der Waals surface area contributed by atoms with Crippen LogP contribution in [0, 0.1) is 11.8 Å². The highest BCUT2D eigenvalue weighted by Crippen LogP contribution is 2.47. The van der Waals surface area contributed by atoms with E-state index < -0.39 is 6.10 Å². The average Bonchev–Trinajstić information content (AvgIpc) is 3.01. The van der Waals surface area contributed by atoms with Crippen LogP contribution < -0.4 is 9.47 Å². The number of aliphatic hydroxyl groups excluding tert-OH is 1. The summed E-state index contributed by atoms with van der Waals surface area (Å²) in [6, 6.07) is 5.68. The number of aliphatic hydroxyl groups is 1. The van der Waals surface area contributed by atoms with Crippen LogP contribution in [-0.4, -0.2) is 18.3 Å². The molecule has 1 aromatic rings. The lowest BCUT2D eigenvalue weighted by Crippen LogP contribution is -2.23. The first-order valence-electron chi connectivity index (χ1n) is 7.20. The zero-order chi connectivity index (χ0) is 13.4. The van der Waals surface area contributed by atoms with Gasteiger partial charge in [0.1, 0.15) is 6.10 Å². The first-order chi connectivity index (χ1) is 9.17. The van der Waals surface area contributed by atoms with Gasteiger partial charge in [-0.15, -0.1) is 0 Å². The largest absolute Gasteiger partial charge is 0.493 e. The molecule has 0 spiro atoms. The Morgan fingerprint density at radius 3 is 2.63 bits per heavy atom. The summed E-state index contributed by atoms with van der Waals surface area (Å²) in [5, 5.41) is 9.68. The van der Waals surface area contributed by atoms with Gasteiger partial charge in [0, 0.05) is 0 Å². The number of methoxy groups -OCH3 is 1. The second-order valence-corrected chi connectivity index (χ2v) is 5.92. The number of hydrogen-bond acceptors (Lipinski definition) is 3. The molecule has 3 nitrogen and oxygen atoms in total. The smallest absolute Gasteiger partial charge is 0.161 e. The van der Waals surface area contributed by atoms with Crippen LogP contribution in [0.4, 0.5) is 0 Å². The Bertz CT molecular complexity index is 455. The van der Waals surface area contributed by atoms with Gasteiger partial charge in [0.2, 0.25) is 0 Å². The molecule has 2 bridgehead atoms. The topological polar surface area (TPSA) is 38.7 Å². The highest BCUT2D eigenvalue weighted by Gasteiger charge is 2.41. The molecule has 0 amide bonds. The molecule has 4 atom stereocenters. The highest BCUT2D eigenvalue weighted by atomic mass is 16.5. The number of hydrogen-bond donors (Lipinski definition) is 1. The third-order valence-electron chi connectivity index (χ3n) is 4.62. The number of benzene rings is 1. The number of rotatable bonds is 4. The summed E-state index contributed by atoms with van der Waals surface area (Å²) in [6.45, 7) is 1.77. The van der Waals surface area contributed by atoms with Crippen molar-refractivity contribution in [2.75, 3.05) is 7.11 Å². The van der Waals surface area contributed by atoms with E-state index in [4.69, 9.17) is 9.47 Å². The van der Waals surface area contributed by atoms with Gasteiger partial charge in [-0.05, 0) is 62.1 Å². The molecule has 0 heterocycles. The Morgan fingerprint density at radius 1 is 1.21 bits per heavy atom. The van der Waals surface area contributed by atoms with Crippen LogP contribution in [0.5, 0.6) is 11.5 Å². The average molecular weight is 262 g/mol. The SMILES string of the molecule is COc1ccc(C(C)O)cc1OC1CC2CCC1C2. The fourth-order valence-corrected chi connectivity index (χ4v) is 3.54. The maximum Gasteiger partial charge on any atom is 0.161 e. The van der Waals surface area contributed by atoms with Gasteiger partial charge in [0.15, 0.2) is 11.5 Å². The fourth-order valence-electron chi connectivity index (χ4n) is 3.54. The predicted molar refractivity (Wildman–Crippen MR) is 73.5 cm³/mol. The van der Waals surface area contributed by atoms with E-state index in [2.05, 4.69) is 0 Å². The normalized spacial score (nSPS) is 30.4. The van der Waals surface area contributed by atoms with Gasteiger partial charge < -0.3 is 14.6 Å². The Labute approximate surface area is 114 Å². The zero-order valence-corrected chi connectivity index (χ0v) is 11.6. The van der Waals surface area contributed by atoms with E-state index in [0.29, 0.717) is 12.0 Å². The fraction of sp³-hybridized carbons (Fsp3) is 0.625. The molecule has 1 N–H and O–H groups in total. The third-order valence-corrected chi connectivity index (χ3v) is 4.62. The molecule has 19 heavy (non-hydrogen) atoms. The summed E-state index contributed by atoms with van der Waals surface area (Å²) < 4.78 is 11.5. The van der Waals surface area contributed by atoms with E-state index in [9.17, 15) is 5.11 Å². The van der Waals surface area contributed by atoms with Crippen molar-refractivity contribution in [3.63, 3.8) is 0 Å². The third kappa shape index (κ3) is 2.44. The minimum atomic E-state index is -0.478. The van der Waals surface area contributed by atoms with E-state index in [0.717, 1.165) is 23.0 Å². The van der Waals surface area contributed by atoms with Crippen molar-refractivity contribution in [3.05, 3.63) is 23.8 Å². The van der Waals surface area contributed by atoms with Crippen molar-refractivity contribution in [3.8, 4) is 11.5 Å². The van der Waals surface area contributed by atoms with Gasteiger partial charge in [-0.3, -0.25) is 0 Å². The molecule has 104 valence electrons. The molecule has 3 heteroatoms. The summed E-state index contributed by atoms with van der Waals surface area (Å²) in [4.78, 5) is 0. The van der Waals surface area contributed by atoms with Crippen molar-refractivity contribution in [2.24, 2.45) is 11.8 Å². The maximum absolute atomic E-state index is 9.68. The molecule has 0 radical (unpaired) electrons. The van der Waals surface area contributed by atoms with Crippen LogP contribution in [0.1, 0.15) is 44.3 Å². The molecule has 3 rings (SSSR count). The van der Waals surface area contributed by atoms with Crippen LogP contribution in [0.3, 0.4) is 0 Å². The molecule has 2 fully saturated rings. The van der Waals surface area contributed by atoms with Crippen LogP contribution in [0.15, 0.2) is 18.2 Å². The molecular formula is C16H22O3. The van der Waals surface area contributed by atoms with Crippen molar-refractivity contribution < 1.29 is 14.6 Å². The van der Waals surface area contributed by atoms with E-state index in [-0.39, 0.29) is 0 Å². The molecule has 2 aliphatic rings. The molecule has 0 aliphatic heterocycles. The standard InChI is InChI=1S/C16H22O3/c1-10(17)12-5-6-14(18-2)16(9-12)19-15-8-11-3-4-13(15)7-11/h5-6,9-11,13,15,17H,3-4,7-8H2,1-2H3. The molecule has 0 aromatic heterocycles. The Morgan fingerprint density at radius 2 is 2.05 bits per heavy atom. The van der Waals surface area contributed by atoms with E-state index in [1.165, 1.54) is 25.7 Å². The summed E-state index contributed by atoms with van der Waals surface area (Å²) in [5.41, 5.74) is 0.874. The molecule has 2 saturated carbocycles. The quantitative estimate of drug-likeness (QED) is 0.904. The zero-order valence-electron chi connectivity index (χ0n) is 11.6. The van der Waals surface area contributed by atoms with E-state index in [1.807, 2.05) is 18.2 Å². The number of fused-ring (bicyclic) bond motifs is 2. The Balaban J connectivity index is 1.80. The molecular weight excluding hydrogens is 240 g/mol. The Kier molecular flexibility index (Phi) is 3.40. The first kappa shape index (κ1) is 12.8. The molecule has 0 saturated heterocycles. The summed E-state index contributed by atoms with van der Waals surface area (Å²) in [6.07, 6.45) is 5.02. The van der Waals surface area contributed by atoms with Crippen LogP contribution in [0.25, 0.3) is 0 Å². The van der Waals surface area contributed by atoms with Crippen molar-refractivity contribution in [1.29, 1.82) is 0 Å². The lowest BCUT2D eigenvalue weighted by molar-refractivity contribution is 0.132. The predicted octanol–water partition coefficient (Wildman–Crippen LogP) is 3.32. The monoisotopic (exact) mass is 262 g/mol. The van der Waals surface area contributed by atoms with Crippen LogP contribution >= 0.6 is 0 Å². The second-order valence-electron chi connectivity index (χ2n) is 5.92. The first-order valence-corrected chi connectivity index (χ1v) is 7.20. The lowest BCUT2D eigenvalue weighted by atomic mass is 9.97. The Hall–Kier alpha value is -1.22. The van der Waals surface area contributed by atoms with Gasteiger partial charge in [0.25, 0.3) is 0 Å².